The second kappa shape index (κ2) is 11.4. The van der Waals surface area contributed by atoms with Crippen molar-refractivity contribution in [2.24, 2.45) is 0 Å². The average Bonchev–Trinajstić information content (AvgIpc) is 3.22. The Kier molecular flexibility index (Phi) is 8.36. The van der Waals surface area contributed by atoms with Crippen LogP contribution in [0.15, 0.2) is 46.0 Å². The van der Waals surface area contributed by atoms with Crippen LogP contribution < -0.4 is 25.5 Å². The highest BCUT2D eigenvalue weighted by atomic mass is 32.1. The van der Waals surface area contributed by atoms with Crippen LogP contribution in [-0.2, 0) is 6.54 Å². The molecular weight excluding hydrogens is 641 g/mol. The number of nitriles is 1. The average molecular weight is 655 g/mol. The third-order valence-electron chi connectivity index (χ3n) is 5.76. The summed E-state index contributed by atoms with van der Waals surface area (Å²) in [6.45, 7) is 0.0148. The van der Waals surface area contributed by atoms with E-state index < -0.39 is 71.4 Å². The van der Waals surface area contributed by atoms with E-state index in [0.29, 0.717) is 22.0 Å². The van der Waals surface area contributed by atoms with E-state index in [2.05, 4.69) is 9.47 Å². The zero-order valence-corrected chi connectivity index (χ0v) is 22.3. The number of nitrogens with zero attached hydrogens (tertiary/aromatic N) is 2. The van der Waals surface area contributed by atoms with Gasteiger partial charge in [0, 0.05) is 10.9 Å². The number of benzene rings is 2. The van der Waals surface area contributed by atoms with Gasteiger partial charge in [-0.3, -0.25) is 14.3 Å². The molecule has 2 aromatic heterocycles. The zero-order chi connectivity index (χ0) is 32.8. The van der Waals surface area contributed by atoms with Crippen molar-refractivity contribution in [3.05, 3.63) is 68.4 Å². The van der Waals surface area contributed by atoms with E-state index in [9.17, 15) is 54.2 Å². The number of hydrogen-bond donors (Lipinski definition) is 2. The first-order valence-corrected chi connectivity index (χ1v) is 12.5. The number of ether oxygens (including phenoxy) is 3. The second-order valence-corrected chi connectivity index (χ2v) is 9.79. The van der Waals surface area contributed by atoms with E-state index in [1.54, 1.807) is 0 Å². The monoisotopic (exact) mass is 655 g/mol. The number of aromatic nitrogens is 2. The molecule has 4 aromatic rings. The topological polar surface area (TPSA) is 127 Å². The van der Waals surface area contributed by atoms with Crippen molar-refractivity contribution >= 4 is 21.6 Å². The Labute approximate surface area is 241 Å². The van der Waals surface area contributed by atoms with Gasteiger partial charge in [0.15, 0.2) is 23.4 Å². The van der Waals surface area contributed by atoms with Gasteiger partial charge in [0.1, 0.15) is 16.6 Å². The zero-order valence-electron chi connectivity index (χ0n) is 21.4. The maximum Gasteiger partial charge on any atom is 0.573 e. The summed E-state index contributed by atoms with van der Waals surface area (Å²) in [5.41, 5.74) is -2.89. The van der Waals surface area contributed by atoms with Crippen LogP contribution in [0.3, 0.4) is 0 Å². The van der Waals surface area contributed by atoms with Crippen LogP contribution in [0, 0.1) is 18.3 Å². The predicted molar refractivity (Wildman–Crippen MR) is 134 cm³/mol. The van der Waals surface area contributed by atoms with Crippen LogP contribution >= 0.6 is 11.3 Å². The molecule has 0 amide bonds. The Balaban J connectivity index is 1.82. The summed E-state index contributed by atoms with van der Waals surface area (Å²) in [5, 5.41) is 18.2. The lowest BCUT2D eigenvalue weighted by Crippen LogP contribution is -2.38. The van der Waals surface area contributed by atoms with Crippen LogP contribution in [0.25, 0.3) is 20.7 Å². The molecule has 0 unspecified atom stereocenters. The Morgan fingerprint density at radius 2 is 1.59 bits per heavy atom. The van der Waals surface area contributed by atoms with E-state index >= 15 is 0 Å². The van der Waals surface area contributed by atoms with Crippen LogP contribution in [0.4, 0.5) is 39.5 Å². The summed E-state index contributed by atoms with van der Waals surface area (Å²) in [6.07, 6.45) is -18.6. The van der Waals surface area contributed by atoms with Crippen molar-refractivity contribution in [1.29, 1.82) is 5.26 Å². The number of hydrogen-bond acceptors (Lipinski definition) is 8. The summed E-state index contributed by atoms with van der Waals surface area (Å²) in [6, 6.07) is 6.75. The van der Waals surface area contributed by atoms with Crippen molar-refractivity contribution in [3.63, 3.8) is 0 Å². The minimum Gasteiger partial charge on any atom is -0.453 e. The quantitative estimate of drug-likeness (QED) is 0.230. The molecule has 0 aliphatic rings. The molecule has 0 bridgehead atoms. The number of fused-ring (bicyclic) bond motifs is 1. The summed E-state index contributed by atoms with van der Waals surface area (Å²) in [7, 11) is 0. The van der Waals surface area contributed by atoms with Gasteiger partial charge in [-0.05, 0) is 48.4 Å². The first kappa shape index (κ1) is 32.2. The fourth-order valence-corrected chi connectivity index (χ4v) is 5.23. The van der Waals surface area contributed by atoms with Gasteiger partial charge in [-0.15, -0.1) is 37.7 Å². The third kappa shape index (κ3) is 7.08. The Bertz CT molecular complexity index is 1880. The lowest BCUT2D eigenvalue weighted by atomic mass is 10.1. The fraction of sp³-hybridized carbons (Fsp3) is 0.240. The van der Waals surface area contributed by atoms with Gasteiger partial charge in [-0.2, -0.15) is 18.4 Å². The predicted octanol–water partition coefficient (Wildman–Crippen LogP) is 6.11. The van der Waals surface area contributed by atoms with Gasteiger partial charge >= 0.3 is 24.6 Å². The van der Waals surface area contributed by atoms with Gasteiger partial charge in [0.05, 0.1) is 17.5 Å². The minimum absolute atomic E-state index is 0.0177. The number of nitrogens with one attached hydrogen (secondary N) is 1. The highest BCUT2D eigenvalue weighted by Crippen LogP contribution is 2.43. The summed E-state index contributed by atoms with van der Waals surface area (Å²) < 4.78 is 131. The molecule has 0 spiro atoms. The van der Waals surface area contributed by atoms with E-state index in [-0.39, 0.29) is 26.2 Å². The molecule has 0 saturated heterocycles. The smallest absolute Gasteiger partial charge is 0.453 e. The first-order chi connectivity index (χ1) is 20.3. The SMILES string of the molecule is Cc1c(-c2ccc(Oc3ccc(C#N)c(OC(F)(F)F)c3)c(OC(F)(F)F)c2)sc2c1c(=O)[nH]c(=O)n2C[C@@H](O)C(F)(F)F. The largest absolute Gasteiger partial charge is 0.573 e. The van der Waals surface area contributed by atoms with E-state index in [1.165, 1.54) is 13.0 Å². The van der Waals surface area contributed by atoms with Gasteiger partial charge in [0.25, 0.3) is 5.56 Å². The molecule has 2 N–H and O–H groups in total. The van der Waals surface area contributed by atoms with Crippen molar-refractivity contribution in [1.82, 2.24) is 9.55 Å². The van der Waals surface area contributed by atoms with Crippen molar-refractivity contribution in [2.75, 3.05) is 0 Å². The molecule has 2 heterocycles. The Morgan fingerprint density at radius 1 is 0.955 bits per heavy atom. The van der Waals surface area contributed by atoms with E-state index in [1.807, 2.05) is 4.98 Å². The molecule has 0 aliphatic heterocycles. The highest BCUT2D eigenvalue weighted by Gasteiger charge is 2.39. The molecule has 234 valence electrons. The van der Waals surface area contributed by atoms with Crippen LogP contribution in [-0.4, -0.2) is 39.7 Å². The molecule has 1 atom stereocenters. The summed E-state index contributed by atoms with van der Waals surface area (Å²) in [5.74, 6) is -3.18. The van der Waals surface area contributed by atoms with Gasteiger partial charge in [-0.25, -0.2) is 4.79 Å². The normalized spacial score (nSPS) is 13.0. The molecule has 4 rings (SSSR count). The molecule has 0 aliphatic carbocycles. The minimum atomic E-state index is -5.31. The van der Waals surface area contributed by atoms with Crippen molar-refractivity contribution < 1.29 is 58.8 Å². The molecule has 0 saturated carbocycles. The molecular formula is C25H14F9N3O6S. The number of alkyl halides is 9. The summed E-state index contributed by atoms with van der Waals surface area (Å²) in [4.78, 5) is 26.4. The Morgan fingerprint density at radius 3 is 2.18 bits per heavy atom. The molecule has 44 heavy (non-hydrogen) atoms. The molecule has 0 fully saturated rings. The number of aliphatic hydroxyl groups excluding tert-OH is 1. The lowest BCUT2D eigenvalue weighted by Gasteiger charge is -2.16. The molecule has 19 heteroatoms. The van der Waals surface area contributed by atoms with Gasteiger partial charge in [-0.1, -0.05) is 0 Å². The standard InChI is InChI=1S/C25H14F9N3O6S/c1-10-18-20(39)36-22(40)37(9-17(38)23(26,27)28)21(18)44-19(10)11-3-5-14(16(6-11)43-25(32,33)34)41-13-4-2-12(8-35)15(7-13)42-24(29,30)31/h2-7,17,38H,9H2,1H3,(H,36,39,40)/t17-/m1/s1. The molecule has 2 aromatic carbocycles. The number of rotatable bonds is 7. The first-order valence-electron chi connectivity index (χ1n) is 11.7. The Hall–Kier alpha value is -4.70. The van der Waals surface area contributed by atoms with E-state index in [4.69, 9.17) is 10.00 Å². The number of thiophene rings is 1. The van der Waals surface area contributed by atoms with Crippen LogP contribution in [0.2, 0.25) is 0 Å². The number of aryl methyl sites for hydroxylation is 1. The maximum atomic E-state index is 13.3. The highest BCUT2D eigenvalue weighted by molar-refractivity contribution is 7.22. The third-order valence-corrected chi connectivity index (χ3v) is 7.12. The van der Waals surface area contributed by atoms with Crippen molar-refractivity contribution in [2.45, 2.75) is 38.5 Å². The fourth-order valence-electron chi connectivity index (χ4n) is 3.93. The van der Waals surface area contributed by atoms with Gasteiger partial charge in [0.2, 0.25) is 0 Å². The number of halogens is 9. The number of H-pyrrole nitrogens is 1. The lowest BCUT2D eigenvalue weighted by molar-refractivity contribution is -0.276. The maximum absolute atomic E-state index is 13.3. The van der Waals surface area contributed by atoms with Crippen LogP contribution in [0.5, 0.6) is 23.0 Å². The van der Waals surface area contributed by atoms with Crippen molar-refractivity contribution in [3.8, 4) is 39.5 Å². The van der Waals surface area contributed by atoms with Gasteiger partial charge < -0.3 is 19.3 Å². The second-order valence-electron chi connectivity index (χ2n) is 8.79. The van der Waals surface area contributed by atoms with E-state index in [0.717, 1.165) is 30.3 Å². The number of aromatic amines is 1. The van der Waals surface area contributed by atoms with Crippen LogP contribution in [0.1, 0.15) is 11.1 Å². The molecule has 9 nitrogen and oxygen atoms in total. The summed E-state index contributed by atoms with van der Waals surface area (Å²) >= 11 is 0.566. The molecule has 0 radical (unpaired) electrons. The number of aliphatic hydroxyl groups is 1.